The molecule has 2 amide bonds. The fourth-order valence-electron chi connectivity index (χ4n) is 2.92. The molecule has 0 saturated heterocycles. The minimum absolute atomic E-state index is 0.0309. The number of hydrogen-bond acceptors (Lipinski definition) is 4. The summed E-state index contributed by atoms with van der Waals surface area (Å²) in [6, 6.07) is 13.4. The smallest absolute Gasteiger partial charge is 0.242 e. The molecule has 0 aliphatic rings. The van der Waals surface area contributed by atoms with E-state index in [0.29, 0.717) is 17.9 Å². The minimum atomic E-state index is -0.627. The minimum Gasteiger partial charge on any atom is -0.497 e. The molecule has 0 aliphatic carbocycles. The molecule has 168 valence electrons. The van der Waals surface area contributed by atoms with Crippen LogP contribution in [0.1, 0.15) is 38.3 Å². The van der Waals surface area contributed by atoms with Gasteiger partial charge in [0.15, 0.2) is 0 Å². The van der Waals surface area contributed by atoms with Gasteiger partial charge in [0.2, 0.25) is 11.8 Å². The number of amides is 2. The molecule has 2 atom stereocenters. The number of hydrogen-bond donors (Lipinski definition) is 1. The maximum Gasteiger partial charge on any atom is 0.242 e. The predicted molar refractivity (Wildman–Crippen MR) is 123 cm³/mol. The standard InChI is InChI=1S/C24H31FN2O3S/c1-5-17(2)26-24(29)18(3)27(14-19-10-12-21(30-4)13-11-19)23(28)16-31-15-20-8-6-7-9-22(20)25/h6-13,17-18H,5,14-16H2,1-4H3,(H,26,29)/t17-,18-/m0/s1. The molecular formula is C24H31FN2O3S. The number of benzene rings is 2. The van der Waals surface area contributed by atoms with E-state index in [1.54, 1.807) is 37.1 Å². The Hall–Kier alpha value is -2.54. The molecule has 7 heteroatoms. The number of methoxy groups -OCH3 is 1. The van der Waals surface area contributed by atoms with Crippen LogP contribution >= 0.6 is 11.8 Å². The summed E-state index contributed by atoms with van der Waals surface area (Å²) in [5.41, 5.74) is 1.46. The van der Waals surface area contributed by atoms with E-state index in [0.717, 1.165) is 17.7 Å². The zero-order valence-electron chi connectivity index (χ0n) is 18.6. The van der Waals surface area contributed by atoms with E-state index in [9.17, 15) is 14.0 Å². The van der Waals surface area contributed by atoms with Crippen molar-refractivity contribution in [2.45, 2.75) is 51.6 Å². The lowest BCUT2D eigenvalue weighted by atomic mass is 10.1. The van der Waals surface area contributed by atoms with Crippen molar-refractivity contribution in [2.24, 2.45) is 0 Å². The van der Waals surface area contributed by atoms with Crippen LogP contribution in [0.4, 0.5) is 4.39 Å². The Morgan fingerprint density at radius 1 is 1.13 bits per heavy atom. The van der Waals surface area contributed by atoms with Crippen LogP contribution in [0.3, 0.4) is 0 Å². The Kier molecular flexibility index (Phi) is 9.85. The number of nitrogens with zero attached hydrogens (tertiary/aromatic N) is 1. The van der Waals surface area contributed by atoms with Crippen molar-refractivity contribution in [2.75, 3.05) is 12.9 Å². The zero-order chi connectivity index (χ0) is 22.8. The molecule has 2 aromatic carbocycles. The summed E-state index contributed by atoms with van der Waals surface area (Å²) in [6.45, 7) is 5.97. The largest absolute Gasteiger partial charge is 0.497 e. The first-order valence-corrected chi connectivity index (χ1v) is 11.5. The first kappa shape index (κ1) is 24.7. The molecule has 0 saturated carbocycles. The highest BCUT2D eigenvalue weighted by atomic mass is 32.2. The van der Waals surface area contributed by atoms with Crippen LogP contribution in [0.2, 0.25) is 0 Å². The molecule has 2 aromatic rings. The summed E-state index contributed by atoms with van der Waals surface area (Å²) < 4.78 is 19.0. The van der Waals surface area contributed by atoms with Crippen molar-refractivity contribution >= 4 is 23.6 Å². The number of nitrogens with one attached hydrogen (secondary N) is 1. The number of thioether (sulfide) groups is 1. The highest BCUT2D eigenvalue weighted by molar-refractivity contribution is 7.99. The average Bonchev–Trinajstić information content (AvgIpc) is 2.78. The second-order valence-corrected chi connectivity index (χ2v) is 8.43. The van der Waals surface area contributed by atoms with Crippen LogP contribution in [0.15, 0.2) is 48.5 Å². The highest BCUT2D eigenvalue weighted by Gasteiger charge is 2.26. The Labute approximate surface area is 188 Å². The molecule has 5 nitrogen and oxygen atoms in total. The molecule has 0 unspecified atom stereocenters. The van der Waals surface area contributed by atoms with Gasteiger partial charge in [-0.05, 0) is 49.6 Å². The van der Waals surface area contributed by atoms with Gasteiger partial charge in [0.05, 0.1) is 12.9 Å². The Balaban J connectivity index is 2.09. The lowest BCUT2D eigenvalue weighted by Crippen LogP contribution is -2.50. The molecule has 0 aromatic heterocycles. The summed E-state index contributed by atoms with van der Waals surface area (Å²) in [4.78, 5) is 27.3. The Bertz CT molecular complexity index is 860. The van der Waals surface area contributed by atoms with Crippen molar-refractivity contribution in [3.63, 3.8) is 0 Å². The van der Waals surface area contributed by atoms with Gasteiger partial charge < -0.3 is 15.0 Å². The lowest BCUT2D eigenvalue weighted by molar-refractivity contribution is -0.138. The number of rotatable bonds is 11. The molecule has 0 fully saturated rings. The van der Waals surface area contributed by atoms with E-state index >= 15 is 0 Å². The number of halogens is 1. The SMILES string of the molecule is CC[C@H](C)NC(=O)[C@H](C)N(Cc1ccc(OC)cc1)C(=O)CSCc1ccccc1F. The van der Waals surface area contributed by atoms with Gasteiger partial charge in [-0.25, -0.2) is 4.39 Å². The summed E-state index contributed by atoms with van der Waals surface area (Å²) in [7, 11) is 1.60. The van der Waals surface area contributed by atoms with Gasteiger partial charge in [-0.2, -0.15) is 0 Å². The summed E-state index contributed by atoms with van der Waals surface area (Å²) >= 11 is 1.34. The average molecular weight is 447 g/mol. The fraction of sp³-hybridized carbons (Fsp3) is 0.417. The molecule has 0 heterocycles. The van der Waals surface area contributed by atoms with Crippen molar-refractivity contribution in [1.29, 1.82) is 0 Å². The predicted octanol–water partition coefficient (Wildman–Crippen LogP) is 4.40. The lowest BCUT2D eigenvalue weighted by Gasteiger charge is -2.29. The van der Waals surface area contributed by atoms with Crippen LogP contribution in [0, 0.1) is 5.82 Å². The van der Waals surface area contributed by atoms with Gasteiger partial charge in [-0.15, -0.1) is 11.8 Å². The van der Waals surface area contributed by atoms with E-state index < -0.39 is 6.04 Å². The van der Waals surface area contributed by atoms with Gasteiger partial charge in [-0.1, -0.05) is 37.3 Å². The van der Waals surface area contributed by atoms with Crippen LogP contribution in [-0.2, 0) is 21.9 Å². The molecule has 0 aliphatic heterocycles. The van der Waals surface area contributed by atoms with Crippen LogP contribution in [-0.4, -0.2) is 41.7 Å². The van der Waals surface area contributed by atoms with E-state index in [-0.39, 0.29) is 29.4 Å². The van der Waals surface area contributed by atoms with E-state index in [1.165, 1.54) is 17.8 Å². The van der Waals surface area contributed by atoms with E-state index in [4.69, 9.17) is 4.74 Å². The van der Waals surface area contributed by atoms with Gasteiger partial charge in [0.1, 0.15) is 17.6 Å². The van der Waals surface area contributed by atoms with E-state index in [1.807, 2.05) is 38.1 Å². The third-order valence-corrected chi connectivity index (χ3v) is 6.09. The first-order chi connectivity index (χ1) is 14.8. The maximum atomic E-state index is 13.8. The van der Waals surface area contributed by atoms with Crippen molar-refractivity contribution in [1.82, 2.24) is 10.2 Å². The first-order valence-electron chi connectivity index (χ1n) is 10.4. The third kappa shape index (κ3) is 7.58. The number of carbonyl (C=O) groups is 2. The Morgan fingerprint density at radius 2 is 1.81 bits per heavy atom. The van der Waals surface area contributed by atoms with Gasteiger partial charge >= 0.3 is 0 Å². The highest BCUT2D eigenvalue weighted by Crippen LogP contribution is 2.19. The fourth-order valence-corrected chi connectivity index (χ4v) is 3.82. The summed E-state index contributed by atoms with van der Waals surface area (Å²) in [6.07, 6.45) is 0.809. The second-order valence-electron chi connectivity index (χ2n) is 7.45. The second kappa shape index (κ2) is 12.3. The van der Waals surface area contributed by atoms with Crippen molar-refractivity contribution in [3.05, 3.63) is 65.5 Å². The molecule has 1 N–H and O–H groups in total. The normalized spacial score (nSPS) is 12.7. The number of ether oxygens (including phenoxy) is 1. The topological polar surface area (TPSA) is 58.6 Å². The summed E-state index contributed by atoms with van der Waals surface area (Å²) in [5, 5.41) is 2.95. The van der Waals surface area contributed by atoms with Crippen LogP contribution in [0.25, 0.3) is 0 Å². The molecule has 0 spiro atoms. The molecule has 0 bridgehead atoms. The van der Waals surface area contributed by atoms with Gasteiger partial charge in [0.25, 0.3) is 0 Å². The van der Waals surface area contributed by atoms with Crippen molar-refractivity contribution in [3.8, 4) is 5.75 Å². The molecule has 2 rings (SSSR count). The quantitative estimate of drug-likeness (QED) is 0.556. The summed E-state index contributed by atoms with van der Waals surface area (Å²) in [5.74, 6) is 0.649. The maximum absolute atomic E-state index is 13.8. The molecular weight excluding hydrogens is 415 g/mol. The van der Waals surface area contributed by atoms with Crippen LogP contribution in [0.5, 0.6) is 5.75 Å². The molecule has 31 heavy (non-hydrogen) atoms. The van der Waals surface area contributed by atoms with E-state index in [2.05, 4.69) is 5.32 Å². The molecule has 0 radical (unpaired) electrons. The zero-order valence-corrected chi connectivity index (χ0v) is 19.4. The van der Waals surface area contributed by atoms with Crippen LogP contribution < -0.4 is 10.1 Å². The Morgan fingerprint density at radius 3 is 2.42 bits per heavy atom. The third-order valence-electron chi connectivity index (χ3n) is 5.12. The monoisotopic (exact) mass is 446 g/mol. The van der Waals surface area contributed by atoms with Gasteiger partial charge in [0, 0.05) is 18.3 Å². The van der Waals surface area contributed by atoms with Gasteiger partial charge in [-0.3, -0.25) is 9.59 Å². The number of carbonyl (C=O) groups excluding carboxylic acids is 2. The van der Waals surface area contributed by atoms with Crippen molar-refractivity contribution < 1.29 is 18.7 Å².